The molecule has 3 aliphatic heterocycles. The fourth-order valence-electron chi connectivity index (χ4n) is 6.90. The predicted octanol–water partition coefficient (Wildman–Crippen LogP) is 2.72. The highest BCUT2D eigenvalue weighted by molar-refractivity contribution is 7.90. The number of likely N-dealkylation sites (tertiary alicyclic amines) is 1. The number of sulfone groups is 1. The highest BCUT2D eigenvalue weighted by atomic mass is 32.2. The van der Waals surface area contributed by atoms with E-state index in [1.54, 1.807) is 12.1 Å². The summed E-state index contributed by atoms with van der Waals surface area (Å²) in [7, 11) is -3.33. The summed E-state index contributed by atoms with van der Waals surface area (Å²) < 4.78 is 23.6. The third-order valence-corrected chi connectivity index (χ3v) is 10.5. The van der Waals surface area contributed by atoms with Crippen LogP contribution in [0.25, 0.3) is 0 Å². The maximum Gasteiger partial charge on any atom is 0.325 e. The number of hydrogen-bond acceptors (Lipinski definition) is 7. The summed E-state index contributed by atoms with van der Waals surface area (Å²) in [6, 6.07) is 16.0. The molecule has 0 aromatic heterocycles. The van der Waals surface area contributed by atoms with Gasteiger partial charge >= 0.3 is 6.03 Å². The summed E-state index contributed by atoms with van der Waals surface area (Å²) in [6.45, 7) is 2.82. The van der Waals surface area contributed by atoms with Gasteiger partial charge in [-0.1, -0.05) is 42.5 Å². The molecule has 2 aromatic carbocycles. The average Bonchev–Trinajstić information content (AvgIpc) is 3.59. The molecule has 4 aliphatic rings. The Balaban J connectivity index is 1.16. The number of urea groups is 1. The minimum atomic E-state index is -3.33. The van der Waals surface area contributed by atoms with Gasteiger partial charge in [-0.05, 0) is 54.9 Å². The van der Waals surface area contributed by atoms with Crippen LogP contribution in [0.2, 0.25) is 0 Å². The third-order valence-electron chi connectivity index (χ3n) is 9.39. The fraction of sp³-hybridized carbons (Fsp3) is 0.516. The Morgan fingerprint density at radius 3 is 2.32 bits per heavy atom. The molecular weight excluding hydrogens is 540 g/mol. The van der Waals surface area contributed by atoms with Crippen molar-refractivity contribution in [3.8, 4) is 0 Å². The monoisotopic (exact) mass is 578 g/mol. The van der Waals surface area contributed by atoms with Gasteiger partial charge in [0.05, 0.1) is 17.5 Å². The lowest BCUT2D eigenvalue weighted by Crippen LogP contribution is -2.59. The summed E-state index contributed by atoms with van der Waals surface area (Å²) in [5.74, 6) is 0.955. The van der Waals surface area contributed by atoms with E-state index < -0.39 is 21.4 Å². The van der Waals surface area contributed by atoms with E-state index in [-0.39, 0.29) is 35.2 Å². The molecule has 0 radical (unpaired) electrons. The van der Waals surface area contributed by atoms with E-state index in [1.165, 1.54) is 22.6 Å². The summed E-state index contributed by atoms with van der Waals surface area (Å²) >= 11 is 0. The van der Waals surface area contributed by atoms with Crippen molar-refractivity contribution >= 4 is 27.6 Å². The van der Waals surface area contributed by atoms with Crippen molar-refractivity contribution in [3.05, 3.63) is 65.7 Å². The largest absolute Gasteiger partial charge is 0.325 e. The number of carbonyl (C=O) groups excluding carboxylic acids is 3. The summed E-state index contributed by atoms with van der Waals surface area (Å²) in [4.78, 5) is 44.1. The Labute approximate surface area is 241 Å². The van der Waals surface area contributed by atoms with Gasteiger partial charge in [0.1, 0.15) is 5.54 Å². The molecule has 6 rings (SSSR count). The third kappa shape index (κ3) is 5.69. The number of piperidine rings is 1. The van der Waals surface area contributed by atoms with Crippen molar-refractivity contribution in [1.29, 1.82) is 0 Å². The van der Waals surface area contributed by atoms with Crippen molar-refractivity contribution in [2.45, 2.75) is 61.0 Å². The molecule has 3 amide bonds. The first-order valence-corrected chi connectivity index (χ1v) is 16.5. The van der Waals surface area contributed by atoms with Crippen LogP contribution in [0, 0.1) is 11.8 Å². The van der Waals surface area contributed by atoms with Crippen LogP contribution >= 0.6 is 0 Å². The first kappa shape index (κ1) is 28.1. The second-order valence-corrected chi connectivity index (χ2v) is 14.3. The highest BCUT2D eigenvalue weighted by Crippen LogP contribution is 2.40. The van der Waals surface area contributed by atoms with Gasteiger partial charge in [0.15, 0.2) is 15.6 Å². The second kappa shape index (κ2) is 11.0. The zero-order valence-electron chi connectivity index (χ0n) is 23.4. The topological polar surface area (TPSA) is 116 Å². The molecule has 0 bridgehead atoms. The normalized spacial score (nSPS) is 25.4. The number of imide groups is 1. The molecule has 218 valence electrons. The molecule has 10 heteroatoms. The maximum atomic E-state index is 13.8. The van der Waals surface area contributed by atoms with Gasteiger partial charge in [0.2, 0.25) is 0 Å². The minimum absolute atomic E-state index is 0.0785. The lowest BCUT2D eigenvalue weighted by Gasteiger charge is -2.43. The van der Waals surface area contributed by atoms with Gasteiger partial charge in [-0.2, -0.15) is 0 Å². The Kier molecular flexibility index (Phi) is 7.50. The van der Waals surface area contributed by atoms with E-state index in [9.17, 15) is 22.8 Å². The molecule has 2 aromatic rings. The molecule has 3 atom stereocenters. The maximum absolute atomic E-state index is 13.8. The number of hydrogen-bond donors (Lipinski definition) is 2. The van der Waals surface area contributed by atoms with E-state index in [0.29, 0.717) is 49.6 Å². The molecule has 4 fully saturated rings. The summed E-state index contributed by atoms with van der Waals surface area (Å²) in [5.41, 5.74) is 0.956. The number of ketones is 1. The van der Waals surface area contributed by atoms with Crippen LogP contribution in [0.1, 0.15) is 49.1 Å². The molecule has 2 N–H and O–H groups in total. The van der Waals surface area contributed by atoms with Crippen LogP contribution in [-0.2, 0) is 26.0 Å². The number of Topliss-reactive ketones (excluding diaryl/α,β-unsaturated/α-hetero) is 1. The average molecular weight is 579 g/mol. The Hall–Kier alpha value is -3.08. The van der Waals surface area contributed by atoms with Crippen LogP contribution in [0.15, 0.2) is 59.5 Å². The van der Waals surface area contributed by atoms with E-state index in [2.05, 4.69) is 39.8 Å². The van der Waals surface area contributed by atoms with E-state index in [1.807, 2.05) is 6.07 Å². The SMILES string of the molecule is CS(=O)(=O)c1ccc(CN2C(=O)NC3(CCN(C(C(=O)CC4CC4)[C@@H]4CNC[C@@H]4c4ccccc4)CC3)C2=O)cc1. The quantitative estimate of drug-likeness (QED) is 0.440. The van der Waals surface area contributed by atoms with Crippen LogP contribution in [-0.4, -0.2) is 80.0 Å². The summed E-state index contributed by atoms with van der Waals surface area (Å²) in [6.07, 6.45) is 4.91. The molecular formula is C31H38N4O5S. The Bertz CT molecular complexity index is 1420. The second-order valence-electron chi connectivity index (χ2n) is 12.3. The first-order chi connectivity index (χ1) is 19.6. The van der Waals surface area contributed by atoms with Gasteiger partial charge in [0.25, 0.3) is 5.91 Å². The Morgan fingerprint density at radius 1 is 1.00 bits per heavy atom. The molecule has 1 spiro atoms. The summed E-state index contributed by atoms with van der Waals surface area (Å²) in [5, 5.41) is 6.51. The molecule has 3 heterocycles. The predicted molar refractivity (Wildman–Crippen MR) is 154 cm³/mol. The van der Waals surface area contributed by atoms with Crippen molar-refractivity contribution in [1.82, 2.24) is 20.4 Å². The lowest BCUT2D eigenvalue weighted by atomic mass is 9.78. The molecule has 1 unspecified atom stereocenters. The van der Waals surface area contributed by atoms with Gasteiger partial charge in [-0.15, -0.1) is 0 Å². The molecule has 3 saturated heterocycles. The highest BCUT2D eigenvalue weighted by Gasteiger charge is 2.54. The molecule has 9 nitrogen and oxygen atoms in total. The number of carbonyl (C=O) groups is 3. The minimum Gasteiger partial charge on any atom is -0.323 e. The van der Waals surface area contributed by atoms with Crippen LogP contribution in [0.5, 0.6) is 0 Å². The number of rotatable bonds is 9. The van der Waals surface area contributed by atoms with Crippen LogP contribution < -0.4 is 10.6 Å². The zero-order valence-corrected chi connectivity index (χ0v) is 24.2. The van der Waals surface area contributed by atoms with Gasteiger partial charge in [0, 0.05) is 50.7 Å². The Morgan fingerprint density at radius 2 is 1.68 bits per heavy atom. The van der Waals surface area contributed by atoms with Crippen molar-refractivity contribution in [3.63, 3.8) is 0 Å². The van der Waals surface area contributed by atoms with Gasteiger partial charge in [-0.3, -0.25) is 19.4 Å². The van der Waals surface area contributed by atoms with E-state index >= 15 is 0 Å². The molecule has 1 aliphatic carbocycles. The molecule has 1 saturated carbocycles. The van der Waals surface area contributed by atoms with E-state index in [4.69, 9.17) is 0 Å². The number of nitrogens with zero attached hydrogens (tertiary/aromatic N) is 2. The van der Waals surface area contributed by atoms with Gasteiger partial charge in [-0.25, -0.2) is 13.2 Å². The van der Waals surface area contributed by atoms with Crippen LogP contribution in [0.3, 0.4) is 0 Å². The lowest BCUT2D eigenvalue weighted by molar-refractivity contribution is -0.134. The number of benzene rings is 2. The fourth-order valence-corrected chi connectivity index (χ4v) is 7.53. The van der Waals surface area contributed by atoms with Crippen LogP contribution in [0.4, 0.5) is 4.79 Å². The standard InChI is InChI=1S/C31H38N4O5S/c1-41(39,40)24-11-9-22(10-12-24)20-35-29(37)31(33-30(35)38)13-15-34(16-14-31)28(27(36)17-21-7-8-21)26-19-32-18-25(26)23-5-3-2-4-6-23/h2-6,9-12,21,25-26,28,32H,7-8,13-20H2,1H3,(H,33,38)/t25-,26-,28?/m1/s1. The number of nitrogens with one attached hydrogen (secondary N) is 2. The van der Waals surface area contributed by atoms with Crippen molar-refractivity contribution in [2.24, 2.45) is 11.8 Å². The van der Waals surface area contributed by atoms with Crippen molar-refractivity contribution in [2.75, 3.05) is 32.4 Å². The zero-order chi connectivity index (χ0) is 28.8. The van der Waals surface area contributed by atoms with E-state index in [0.717, 1.165) is 32.2 Å². The smallest absolute Gasteiger partial charge is 0.323 e. The molecule has 41 heavy (non-hydrogen) atoms. The van der Waals surface area contributed by atoms with Gasteiger partial charge < -0.3 is 10.6 Å². The first-order valence-electron chi connectivity index (χ1n) is 14.6. The number of amides is 3. The van der Waals surface area contributed by atoms with Crippen molar-refractivity contribution < 1.29 is 22.8 Å².